The van der Waals surface area contributed by atoms with Crippen molar-refractivity contribution in [1.82, 2.24) is 14.6 Å². The smallest absolute Gasteiger partial charge is 0.245 e. The number of rotatable bonds is 14. The number of aliphatic hydroxyl groups excluding tert-OH is 1. The Kier molecular flexibility index (Phi) is 9.73. The maximum Gasteiger partial charge on any atom is 0.245 e. The molecule has 1 aliphatic heterocycles. The van der Waals surface area contributed by atoms with E-state index >= 15 is 0 Å². The Morgan fingerprint density at radius 2 is 1.95 bits per heavy atom. The van der Waals surface area contributed by atoms with Crippen LogP contribution < -0.4 is 15.8 Å². The van der Waals surface area contributed by atoms with Gasteiger partial charge >= 0.3 is 0 Å². The number of β-amino-alcohol motifs (C(OH)–C–C–N with tert-alkyl or cyclic N) is 1. The zero-order valence-corrected chi connectivity index (χ0v) is 26.6. The van der Waals surface area contributed by atoms with Gasteiger partial charge in [-0.3, -0.25) is 19.1 Å². The molecular weight excluding hydrogens is 578 g/mol. The van der Waals surface area contributed by atoms with Gasteiger partial charge in [0.2, 0.25) is 27.7 Å². The molecule has 0 aromatic carbocycles. The third-order valence-electron chi connectivity index (χ3n) is 8.52. The van der Waals surface area contributed by atoms with Gasteiger partial charge in [-0.05, 0) is 51.4 Å². The average Bonchev–Trinajstić information content (AvgIpc) is 3.74. The molecular formula is C29H45N5O6S2. The number of allylic oxidation sites excluding steroid dienone is 2. The molecule has 0 unspecified atom stereocenters. The number of hydrogen-bond donors (Lipinski definition) is 4. The third-order valence-corrected chi connectivity index (χ3v) is 11.5. The second-order valence-electron chi connectivity index (χ2n) is 13.3. The number of aliphatic hydroxyl groups is 1. The molecule has 5 N–H and O–H groups in total. The van der Waals surface area contributed by atoms with Crippen LogP contribution in [0.5, 0.6) is 0 Å². The van der Waals surface area contributed by atoms with Gasteiger partial charge in [0.05, 0.1) is 16.5 Å². The van der Waals surface area contributed by atoms with Crippen molar-refractivity contribution in [2.75, 3.05) is 11.9 Å². The van der Waals surface area contributed by atoms with Crippen LogP contribution in [-0.2, 0) is 29.8 Å². The van der Waals surface area contributed by atoms with Gasteiger partial charge in [0.1, 0.15) is 12.1 Å². The summed E-state index contributed by atoms with van der Waals surface area (Å²) in [4.78, 5) is 43.9. The molecule has 3 aliphatic rings. The molecule has 0 radical (unpaired) electrons. The Balaban J connectivity index is 1.25. The predicted molar refractivity (Wildman–Crippen MR) is 162 cm³/mol. The predicted octanol–water partition coefficient (Wildman–Crippen LogP) is 2.81. The number of unbranched alkanes of at least 4 members (excludes halogenated alkanes) is 3. The summed E-state index contributed by atoms with van der Waals surface area (Å²) in [6.07, 6.45) is 9.12. The molecule has 42 heavy (non-hydrogen) atoms. The highest BCUT2D eigenvalue weighted by Gasteiger charge is 2.52. The number of nitrogens with two attached hydrogens (primary N) is 1. The van der Waals surface area contributed by atoms with Gasteiger partial charge < -0.3 is 21.1 Å². The van der Waals surface area contributed by atoms with Crippen LogP contribution in [-0.4, -0.2) is 70.6 Å². The second-order valence-corrected chi connectivity index (χ2v) is 16.3. The number of nitrogens with one attached hydrogen (secondary N) is 2. The molecule has 3 amide bonds. The summed E-state index contributed by atoms with van der Waals surface area (Å²) in [6.45, 7) is 7.96. The van der Waals surface area contributed by atoms with Crippen molar-refractivity contribution < 1.29 is 27.9 Å². The number of anilines is 1. The molecule has 2 heterocycles. The van der Waals surface area contributed by atoms with Crippen LogP contribution in [0.25, 0.3) is 0 Å². The Hall–Kier alpha value is -2.51. The van der Waals surface area contributed by atoms with E-state index in [9.17, 15) is 27.9 Å². The number of primary amides is 1. The fourth-order valence-corrected chi connectivity index (χ4v) is 7.47. The van der Waals surface area contributed by atoms with Crippen molar-refractivity contribution in [3.05, 3.63) is 23.2 Å². The number of carbonyl (C=O) groups is 3. The van der Waals surface area contributed by atoms with Crippen molar-refractivity contribution in [2.45, 2.75) is 114 Å². The molecule has 4 rings (SSSR count). The molecule has 0 bridgehead atoms. The monoisotopic (exact) mass is 623 g/mol. The van der Waals surface area contributed by atoms with E-state index < -0.39 is 44.8 Å². The van der Waals surface area contributed by atoms with Crippen LogP contribution in [0.2, 0.25) is 0 Å². The first-order chi connectivity index (χ1) is 19.6. The number of thiazole rings is 1. The molecule has 1 aromatic rings. The van der Waals surface area contributed by atoms with E-state index in [0.717, 1.165) is 31.4 Å². The molecule has 3 fully saturated rings. The highest BCUT2D eigenvalue weighted by atomic mass is 32.2. The number of hydrogen-bond acceptors (Lipinski definition) is 9. The quantitative estimate of drug-likeness (QED) is 0.181. The Morgan fingerprint density at radius 1 is 1.24 bits per heavy atom. The van der Waals surface area contributed by atoms with Crippen molar-refractivity contribution in [2.24, 2.45) is 17.6 Å². The zero-order valence-electron chi connectivity index (χ0n) is 25.0. The number of nitrogens with zero attached hydrogens (tertiary/aromatic N) is 2. The van der Waals surface area contributed by atoms with Crippen LogP contribution in [0.4, 0.5) is 5.13 Å². The largest absolute Gasteiger partial charge is 0.391 e. The molecule has 0 spiro atoms. The lowest BCUT2D eigenvalue weighted by atomic mass is 9.93. The SMILES string of the molecule is CC(C)(C)c1csc(N[C@@H](CCCCC/C=C\[C@@H]2C[C@@H]2C(=O)NS(=O)(=O)C2(C)CC2)C(=O)N2C[C@H](O)C[C@H]2C(N)=O)n1. The summed E-state index contributed by atoms with van der Waals surface area (Å²) in [5, 5.41) is 16.0. The van der Waals surface area contributed by atoms with Gasteiger partial charge in [0.25, 0.3) is 0 Å². The molecule has 1 saturated heterocycles. The maximum atomic E-state index is 13.5. The fraction of sp³-hybridized carbons (Fsp3) is 0.724. The Morgan fingerprint density at radius 3 is 2.57 bits per heavy atom. The van der Waals surface area contributed by atoms with E-state index in [4.69, 9.17) is 5.73 Å². The van der Waals surface area contributed by atoms with Crippen LogP contribution in [0, 0.1) is 11.8 Å². The minimum absolute atomic E-state index is 0.0729. The summed E-state index contributed by atoms with van der Waals surface area (Å²) in [5.41, 5.74) is 6.32. The fourth-order valence-electron chi connectivity index (χ4n) is 5.18. The maximum absolute atomic E-state index is 13.5. The third kappa shape index (κ3) is 7.90. The van der Waals surface area contributed by atoms with Crippen molar-refractivity contribution in [3.8, 4) is 0 Å². The van der Waals surface area contributed by atoms with E-state index in [-0.39, 0.29) is 36.1 Å². The number of likely N-dealkylation sites (tertiary alicyclic amines) is 1. The minimum Gasteiger partial charge on any atom is -0.391 e. The van der Waals surface area contributed by atoms with Gasteiger partial charge in [0.15, 0.2) is 5.13 Å². The summed E-state index contributed by atoms with van der Waals surface area (Å²) >= 11 is 1.44. The van der Waals surface area contributed by atoms with Crippen molar-refractivity contribution in [3.63, 3.8) is 0 Å². The average molecular weight is 624 g/mol. The van der Waals surface area contributed by atoms with E-state index in [2.05, 4.69) is 35.8 Å². The van der Waals surface area contributed by atoms with E-state index in [1.54, 1.807) is 6.92 Å². The lowest BCUT2D eigenvalue weighted by Gasteiger charge is -2.27. The van der Waals surface area contributed by atoms with Crippen LogP contribution >= 0.6 is 11.3 Å². The first-order valence-corrected chi connectivity index (χ1v) is 17.2. The van der Waals surface area contributed by atoms with Gasteiger partial charge in [-0.2, -0.15) is 0 Å². The van der Waals surface area contributed by atoms with Crippen LogP contribution in [0.15, 0.2) is 17.5 Å². The highest BCUT2D eigenvalue weighted by molar-refractivity contribution is 7.91. The number of sulfonamides is 1. The van der Waals surface area contributed by atoms with Crippen molar-refractivity contribution >= 4 is 44.2 Å². The minimum atomic E-state index is -3.60. The van der Waals surface area contributed by atoms with Gasteiger partial charge in [-0.15, -0.1) is 11.3 Å². The number of aromatic nitrogens is 1. The second kappa shape index (κ2) is 12.6. The number of amides is 3. The van der Waals surface area contributed by atoms with E-state index in [1.165, 1.54) is 16.2 Å². The lowest BCUT2D eigenvalue weighted by Crippen LogP contribution is -2.49. The first kappa shape index (κ1) is 32.4. The summed E-state index contributed by atoms with van der Waals surface area (Å²) in [7, 11) is -3.60. The van der Waals surface area contributed by atoms with Crippen molar-refractivity contribution in [1.29, 1.82) is 0 Å². The molecule has 1 aromatic heterocycles. The molecule has 234 valence electrons. The summed E-state index contributed by atoms with van der Waals surface area (Å²) in [6, 6.07) is -1.43. The molecule has 2 saturated carbocycles. The van der Waals surface area contributed by atoms with E-state index in [1.807, 2.05) is 17.5 Å². The molecule has 11 nitrogen and oxygen atoms in total. The van der Waals surface area contributed by atoms with Crippen LogP contribution in [0.1, 0.15) is 91.2 Å². The summed E-state index contributed by atoms with van der Waals surface area (Å²) in [5.74, 6) is -1.50. The normalized spacial score (nSPS) is 25.8. The molecule has 2 aliphatic carbocycles. The van der Waals surface area contributed by atoms with E-state index in [0.29, 0.717) is 30.8 Å². The number of carbonyl (C=O) groups excluding carboxylic acids is 3. The molecule has 13 heteroatoms. The lowest BCUT2D eigenvalue weighted by molar-refractivity contribution is -0.138. The summed E-state index contributed by atoms with van der Waals surface area (Å²) < 4.78 is 26.0. The Bertz CT molecular complexity index is 1300. The van der Waals surface area contributed by atoms with Gasteiger partial charge in [0, 0.05) is 29.7 Å². The topological polar surface area (TPSA) is 172 Å². The van der Waals surface area contributed by atoms with Crippen LogP contribution in [0.3, 0.4) is 0 Å². The standard InChI is InChI=1S/C29H45N5O6S2/c1-28(2,3)23-17-41-27(32-23)31-21(26(38)34-16-19(35)15-22(34)24(30)36)11-9-7-5-6-8-10-18-14-20(18)25(37)33-42(39,40)29(4)12-13-29/h8,10,17-22,35H,5-7,9,11-16H2,1-4H3,(H2,30,36)(H,31,32)(H,33,37)/b10-8-/t18-,19-,20+,21+,22+/m1/s1. The zero-order chi connectivity index (χ0) is 30.9. The molecule has 5 atom stereocenters. The Labute approximate surface area is 252 Å². The van der Waals surface area contributed by atoms with Gasteiger partial charge in [-0.25, -0.2) is 13.4 Å². The first-order valence-electron chi connectivity index (χ1n) is 14.8. The van der Waals surface area contributed by atoms with Gasteiger partial charge in [-0.1, -0.05) is 45.8 Å². The highest BCUT2D eigenvalue weighted by Crippen LogP contribution is 2.44.